The van der Waals surface area contributed by atoms with Crippen molar-refractivity contribution in [2.75, 3.05) is 0 Å². The summed E-state index contributed by atoms with van der Waals surface area (Å²) in [5, 5.41) is 24.9. The average molecular weight is 878 g/mol. The van der Waals surface area contributed by atoms with Gasteiger partial charge in [-0.3, -0.25) is 0 Å². The van der Waals surface area contributed by atoms with Gasteiger partial charge >= 0.3 is 0 Å². The second-order valence-electron chi connectivity index (χ2n) is 19.6. The second-order valence-corrected chi connectivity index (χ2v) is 19.6. The third-order valence-corrected chi connectivity index (χ3v) is 13.2. The second kappa shape index (κ2) is 16.0. The molecule has 0 unspecified atom stereocenters. The molecule has 0 amide bonds. The number of nitrogens with zero attached hydrogens (tertiary/aromatic N) is 7. The van der Waals surface area contributed by atoms with Gasteiger partial charge in [0.2, 0.25) is 0 Å². The minimum absolute atomic E-state index is 0.0455. The van der Waals surface area contributed by atoms with Gasteiger partial charge in [-0.05, 0) is 112 Å². The van der Waals surface area contributed by atoms with E-state index in [1.807, 2.05) is 72.8 Å². The van der Waals surface area contributed by atoms with E-state index >= 15 is 0 Å². The largest absolute Gasteiger partial charge is 0.309 e. The van der Waals surface area contributed by atoms with E-state index in [-0.39, 0.29) is 10.8 Å². The van der Waals surface area contributed by atoms with Crippen LogP contribution in [0.1, 0.15) is 63.8 Å². The molecule has 0 aliphatic rings. The summed E-state index contributed by atoms with van der Waals surface area (Å²) in [7, 11) is 0. The van der Waals surface area contributed by atoms with E-state index in [1.54, 1.807) is 0 Å². The molecule has 7 heteroatoms. The Morgan fingerprint density at radius 2 is 0.868 bits per heavy atom. The van der Waals surface area contributed by atoms with Gasteiger partial charge in [0, 0.05) is 38.2 Å². The number of fused-ring (bicyclic) bond motifs is 6. The van der Waals surface area contributed by atoms with Gasteiger partial charge in [0.25, 0.3) is 0 Å². The predicted molar refractivity (Wildman–Crippen MR) is 277 cm³/mol. The Bertz CT molecular complexity index is 3900. The lowest BCUT2D eigenvalue weighted by Crippen LogP contribution is -2.10. The molecule has 0 spiro atoms. The quantitative estimate of drug-likeness (QED) is 0.166. The molecule has 0 saturated heterocycles. The maximum Gasteiger partial charge on any atom is 0.166 e. The lowest BCUT2D eigenvalue weighted by atomic mass is 9.86. The SMILES string of the molecule is CC(C)(C)c1ccc2c(c1)c1ccccc1n2-c1ccc(-c2cccc(C#N)c2)cc1-c1nc(-c2ccccc2)nc(-c2ccc(C#N)cc2-n2c3ccccc3c3cc(C(C)(C)C)ccc32)n1. The maximum absolute atomic E-state index is 10.4. The first kappa shape index (κ1) is 42.0. The van der Waals surface area contributed by atoms with Crippen molar-refractivity contribution in [2.24, 2.45) is 0 Å². The predicted octanol–water partition coefficient (Wildman–Crippen LogP) is 15.1. The van der Waals surface area contributed by atoms with Crippen LogP contribution >= 0.6 is 0 Å². The van der Waals surface area contributed by atoms with Crippen molar-refractivity contribution in [3.05, 3.63) is 198 Å². The topological polar surface area (TPSA) is 96.1 Å². The molecular weight excluding hydrogens is 831 g/mol. The summed E-state index contributed by atoms with van der Waals surface area (Å²) in [6.45, 7) is 13.4. The van der Waals surface area contributed by atoms with Crippen molar-refractivity contribution in [3.8, 4) is 68.8 Å². The van der Waals surface area contributed by atoms with Crippen LogP contribution in [0.3, 0.4) is 0 Å². The molecule has 11 rings (SSSR count). The molecule has 11 aromatic rings. The molecule has 3 aromatic heterocycles. The first-order valence-electron chi connectivity index (χ1n) is 23.0. The minimum atomic E-state index is -0.0539. The molecule has 68 heavy (non-hydrogen) atoms. The standard InChI is InChI=1S/C61H47N7/c1-60(2,3)43-25-29-53-48(34-43)45-19-10-12-21-51(45)67(53)55-28-24-42(41-18-14-15-38(31-41)36-62)33-50(55)59-65-57(40-16-8-7-9-17-40)64-58(66-59)47-27-23-39(37-63)32-56(47)68-52-22-13-11-20-46(52)49-35-44(61(4,5)6)26-30-54(49)68/h7-35H,1-6H3. The third-order valence-electron chi connectivity index (χ3n) is 13.2. The van der Waals surface area contributed by atoms with Crippen molar-refractivity contribution in [1.29, 1.82) is 10.5 Å². The highest BCUT2D eigenvalue weighted by atomic mass is 15.1. The zero-order valence-corrected chi connectivity index (χ0v) is 38.9. The summed E-state index contributed by atoms with van der Waals surface area (Å²) < 4.78 is 4.57. The fraction of sp³-hybridized carbons (Fsp3) is 0.131. The van der Waals surface area contributed by atoms with Gasteiger partial charge in [0.1, 0.15) is 0 Å². The Labute approximate surface area is 395 Å². The fourth-order valence-electron chi connectivity index (χ4n) is 9.56. The monoisotopic (exact) mass is 877 g/mol. The summed E-state index contributed by atoms with van der Waals surface area (Å²) in [6.07, 6.45) is 0. The van der Waals surface area contributed by atoms with Crippen LogP contribution in [0.25, 0.3) is 100 Å². The highest BCUT2D eigenvalue weighted by Crippen LogP contribution is 2.42. The highest BCUT2D eigenvalue weighted by molar-refractivity contribution is 6.11. The number of nitriles is 2. The summed E-state index contributed by atoms with van der Waals surface area (Å²) >= 11 is 0. The van der Waals surface area contributed by atoms with Crippen molar-refractivity contribution >= 4 is 43.6 Å². The van der Waals surface area contributed by atoms with Crippen LogP contribution in [0.4, 0.5) is 0 Å². The molecule has 7 nitrogen and oxygen atoms in total. The summed E-state index contributed by atoms with van der Waals surface area (Å²) in [5.41, 5.74) is 13.5. The fourth-order valence-corrected chi connectivity index (χ4v) is 9.56. The minimum Gasteiger partial charge on any atom is -0.309 e. The molecule has 0 aliphatic carbocycles. The normalized spacial score (nSPS) is 11.9. The van der Waals surface area contributed by atoms with Crippen LogP contribution in [-0.4, -0.2) is 24.1 Å². The van der Waals surface area contributed by atoms with Crippen LogP contribution < -0.4 is 0 Å². The number of para-hydroxylation sites is 2. The molecule has 0 fully saturated rings. The van der Waals surface area contributed by atoms with Gasteiger partial charge in [-0.25, -0.2) is 15.0 Å². The number of rotatable bonds is 6. The Morgan fingerprint density at radius 3 is 1.47 bits per heavy atom. The molecule has 0 radical (unpaired) electrons. The van der Waals surface area contributed by atoms with Gasteiger partial charge in [-0.2, -0.15) is 10.5 Å². The van der Waals surface area contributed by atoms with Gasteiger partial charge in [-0.1, -0.05) is 139 Å². The van der Waals surface area contributed by atoms with E-state index in [0.717, 1.165) is 82.8 Å². The lowest BCUT2D eigenvalue weighted by Gasteiger charge is -2.20. The van der Waals surface area contributed by atoms with E-state index in [1.165, 1.54) is 11.1 Å². The zero-order chi connectivity index (χ0) is 46.9. The van der Waals surface area contributed by atoms with Crippen molar-refractivity contribution in [2.45, 2.75) is 52.4 Å². The molecule has 0 aliphatic heterocycles. The first-order valence-corrected chi connectivity index (χ1v) is 23.0. The third kappa shape index (κ3) is 7.17. The number of aromatic nitrogens is 5. The number of hydrogen-bond donors (Lipinski definition) is 0. The van der Waals surface area contributed by atoms with Crippen molar-refractivity contribution in [3.63, 3.8) is 0 Å². The molecule has 0 saturated carbocycles. The Morgan fingerprint density at radius 1 is 0.368 bits per heavy atom. The van der Waals surface area contributed by atoms with E-state index in [2.05, 4.69) is 166 Å². The molecule has 0 bridgehead atoms. The van der Waals surface area contributed by atoms with E-state index in [9.17, 15) is 10.5 Å². The zero-order valence-electron chi connectivity index (χ0n) is 38.9. The molecule has 0 atom stereocenters. The van der Waals surface area contributed by atoms with Gasteiger partial charge < -0.3 is 9.13 Å². The smallest absolute Gasteiger partial charge is 0.166 e. The summed E-state index contributed by atoms with van der Waals surface area (Å²) in [6, 6.07) is 65.1. The van der Waals surface area contributed by atoms with Crippen LogP contribution in [0.2, 0.25) is 0 Å². The summed E-state index contributed by atoms with van der Waals surface area (Å²) in [5.74, 6) is 1.45. The first-order chi connectivity index (χ1) is 32.9. The molecule has 0 N–H and O–H groups in total. The van der Waals surface area contributed by atoms with Gasteiger partial charge in [0.15, 0.2) is 17.5 Å². The lowest BCUT2D eigenvalue weighted by molar-refractivity contribution is 0.591. The Kier molecular flexibility index (Phi) is 9.92. The maximum atomic E-state index is 10.4. The molecule has 8 aromatic carbocycles. The molecule has 3 heterocycles. The highest BCUT2D eigenvalue weighted by Gasteiger charge is 2.25. The van der Waals surface area contributed by atoms with E-state index in [0.29, 0.717) is 28.6 Å². The van der Waals surface area contributed by atoms with Crippen LogP contribution in [0.5, 0.6) is 0 Å². The molecule has 326 valence electrons. The summed E-state index contributed by atoms with van der Waals surface area (Å²) in [4.78, 5) is 16.1. The van der Waals surface area contributed by atoms with Crippen LogP contribution in [-0.2, 0) is 10.8 Å². The van der Waals surface area contributed by atoms with Crippen LogP contribution in [0, 0.1) is 22.7 Å². The van der Waals surface area contributed by atoms with Crippen molar-refractivity contribution < 1.29 is 0 Å². The van der Waals surface area contributed by atoms with Gasteiger partial charge in [0.05, 0.1) is 56.7 Å². The van der Waals surface area contributed by atoms with Gasteiger partial charge in [-0.15, -0.1) is 0 Å². The number of hydrogen-bond acceptors (Lipinski definition) is 5. The Hall–Kier alpha value is -8.65. The van der Waals surface area contributed by atoms with E-state index in [4.69, 9.17) is 15.0 Å². The molecular formula is C61H47N7. The number of benzene rings is 8. The Balaban J connectivity index is 1.22. The van der Waals surface area contributed by atoms with Crippen LogP contribution in [0.15, 0.2) is 176 Å². The average Bonchev–Trinajstić information content (AvgIpc) is 3.87. The van der Waals surface area contributed by atoms with E-state index < -0.39 is 0 Å². The van der Waals surface area contributed by atoms with Crippen molar-refractivity contribution in [1.82, 2.24) is 24.1 Å².